The van der Waals surface area contributed by atoms with Crippen molar-refractivity contribution in [3.05, 3.63) is 70.8 Å². The van der Waals surface area contributed by atoms with Gasteiger partial charge < -0.3 is 20.1 Å². The van der Waals surface area contributed by atoms with Gasteiger partial charge in [-0.3, -0.25) is 0 Å². The number of urea groups is 1. The second-order valence-electron chi connectivity index (χ2n) is 6.36. The van der Waals surface area contributed by atoms with Gasteiger partial charge in [-0.15, -0.1) is 0 Å². The predicted molar refractivity (Wildman–Crippen MR) is 107 cm³/mol. The second kappa shape index (κ2) is 8.61. The van der Waals surface area contributed by atoms with E-state index in [-0.39, 0.29) is 12.6 Å². The van der Waals surface area contributed by atoms with E-state index in [4.69, 9.17) is 9.47 Å². The Kier molecular flexibility index (Phi) is 5.99. The molecular formula is C22H24N2O4. The van der Waals surface area contributed by atoms with Crippen molar-refractivity contribution in [2.24, 2.45) is 0 Å². The lowest BCUT2D eigenvalue weighted by molar-refractivity contribution is -0.138. The van der Waals surface area contributed by atoms with E-state index in [2.05, 4.69) is 10.6 Å². The summed E-state index contributed by atoms with van der Waals surface area (Å²) in [6.07, 6.45) is 0. The van der Waals surface area contributed by atoms with Crippen LogP contribution in [0.1, 0.15) is 36.6 Å². The van der Waals surface area contributed by atoms with Crippen LogP contribution >= 0.6 is 0 Å². The van der Waals surface area contributed by atoms with Crippen LogP contribution in [0.3, 0.4) is 0 Å². The van der Waals surface area contributed by atoms with Crippen LogP contribution in [0.25, 0.3) is 5.70 Å². The summed E-state index contributed by atoms with van der Waals surface area (Å²) in [5.41, 5.74) is 3.28. The van der Waals surface area contributed by atoms with Crippen molar-refractivity contribution >= 4 is 17.7 Å². The summed E-state index contributed by atoms with van der Waals surface area (Å²) >= 11 is 0. The maximum atomic E-state index is 12.8. The van der Waals surface area contributed by atoms with Crippen LogP contribution in [0.4, 0.5) is 4.79 Å². The molecule has 0 bridgehead atoms. The van der Waals surface area contributed by atoms with Crippen molar-refractivity contribution in [1.29, 1.82) is 0 Å². The number of benzene rings is 2. The molecule has 2 aromatic carbocycles. The molecule has 1 aliphatic heterocycles. The molecule has 2 aromatic rings. The topological polar surface area (TPSA) is 76.7 Å². The standard InChI is InChI=1S/C22H24N2O4/c1-4-27-17-12-11-16(13-14(17)3)20-18(21(25)28-5-2)19(23-22(26)24-20)15-9-7-6-8-10-15/h6-13,20H,4-5H2,1-3H3,(H2,23,24,26)/t20-/m1/s1. The van der Waals surface area contributed by atoms with E-state index in [0.29, 0.717) is 17.9 Å². The summed E-state index contributed by atoms with van der Waals surface area (Å²) in [5.74, 6) is 0.307. The molecule has 0 saturated heterocycles. The van der Waals surface area contributed by atoms with Crippen LogP contribution in [-0.2, 0) is 9.53 Å². The molecule has 0 fully saturated rings. The zero-order valence-electron chi connectivity index (χ0n) is 16.2. The minimum atomic E-state index is -0.627. The maximum absolute atomic E-state index is 12.8. The van der Waals surface area contributed by atoms with E-state index < -0.39 is 12.0 Å². The number of nitrogens with one attached hydrogen (secondary N) is 2. The lowest BCUT2D eigenvalue weighted by atomic mass is 9.92. The fourth-order valence-corrected chi connectivity index (χ4v) is 3.25. The molecule has 28 heavy (non-hydrogen) atoms. The minimum Gasteiger partial charge on any atom is -0.494 e. The van der Waals surface area contributed by atoms with Gasteiger partial charge in [-0.1, -0.05) is 36.4 Å². The molecule has 6 nitrogen and oxygen atoms in total. The summed E-state index contributed by atoms with van der Waals surface area (Å²) in [7, 11) is 0. The Hall–Kier alpha value is -3.28. The van der Waals surface area contributed by atoms with Gasteiger partial charge in [-0.2, -0.15) is 0 Å². The molecule has 6 heteroatoms. The highest BCUT2D eigenvalue weighted by Gasteiger charge is 2.34. The first-order valence-corrected chi connectivity index (χ1v) is 9.32. The summed E-state index contributed by atoms with van der Waals surface area (Å²) < 4.78 is 10.9. The number of esters is 1. The number of rotatable bonds is 6. The Morgan fingerprint density at radius 2 is 1.82 bits per heavy atom. The lowest BCUT2D eigenvalue weighted by Crippen LogP contribution is -2.45. The average Bonchev–Trinajstić information content (AvgIpc) is 2.70. The Balaban J connectivity index is 2.13. The van der Waals surface area contributed by atoms with Crippen LogP contribution < -0.4 is 15.4 Å². The molecular weight excluding hydrogens is 356 g/mol. The molecule has 0 saturated carbocycles. The Labute approximate surface area is 164 Å². The van der Waals surface area contributed by atoms with Crippen molar-refractivity contribution in [2.45, 2.75) is 26.8 Å². The van der Waals surface area contributed by atoms with E-state index in [1.165, 1.54) is 0 Å². The van der Waals surface area contributed by atoms with Gasteiger partial charge in [-0.25, -0.2) is 9.59 Å². The first-order chi connectivity index (χ1) is 13.5. The molecule has 146 valence electrons. The molecule has 0 aromatic heterocycles. The number of amides is 2. The number of hydrogen-bond acceptors (Lipinski definition) is 4. The molecule has 0 spiro atoms. The first kappa shape index (κ1) is 19.5. The molecule has 2 amide bonds. The molecule has 1 aliphatic rings. The SMILES string of the molecule is CCOC(=O)C1=C(c2ccccc2)NC(=O)N[C@@H]1c1ccc(OCC)c(C)c1. The molecule has 1 atom stereocenters. The first-order valence-electron chi connectivity index (χ1n) is 9.32. The number of hydrogen-bond donors (Lipinski definition) is 2. The number of carbonyl (C=O) groups is 2. The van der Waals surface area contributed by atoms with Gasteiger partial charge in [0, 0.05) is 0 Å². The number of aryl methyl sites for hydroxylation is 1. The van der Waals surface area contributed by atoms with Crippen molar-refractivity contribution < 1.29 is 19.1 Å². The van der Waals surface area contributed by atoms with E-state index in [0.717, 1.165) is 22.4 Å². The monoisotopic (exact) mass is 380 g/mol. The largest absolute Gasteiger partial charge is 0.494 e. The number of ether oxygens (including phenoxy) is 2. The van der Waals surface area contributed by atoms with E-state index >= 15 is 0 Å². The van der Waals surface area contributed by atoms with Crippen LogP contribution in [0.15, 0.2) is 54.1 Å². The fourth-order valence-electron chi connectivity index (χ4n) is 3.25. The highest BCUT2D eigenvalue weighted by Crippen LogP contribution is 2.33. The molecule has 0 radical (unpaired) electrons. The van der Waals surface area contributed by atoms with Crippen LogP contribution in [-0.4, -0.2) is 25.2 Å². The van der Waals surface area contributed by atoms with Gasteiger partial charge >= 0.3 is 12.0 Å². The van der Waals surface area contributed by atoms with Gasteiger partial charge in [0.15, 0.2) is 0 Å². The van der Waals surface area contributed by atoms with Crippen LogP contribution in [0, 0.1) is 6.92 Å². The van der Waals surface area contributed by atoms with Crippen molar-refractivity contribution in [3.63, 3.8) is 0 Å². The molecule has 3 rings (SSSR count). The third-order valence-corrected chi connectivity index (χ3v) is 4.46. The fraction of sp³-hybridized carbons (Fsp3) is 0.273. The summed E-state index contributed by atoms with van der Waals surface area (Å²) in [4.78, 5) is 25.2. The van der Waals surface area contributed by atoms with Crippen LogP contribution in [0.5, 0.6) is 5.75 Å². The average molecular weight is 380 g/mol. The van der Waals surface area contributed by atoms with Gasteiger partial charge in [0.2, 0.25) is 0 Å². The highest BCUT2D eigenvalue weighted by molar-refractivity contribution is 6.04. The van der Waals surface area contributed by atoms with E-state index in [9.17, 15) is 9.59 Å². The zero-order valence-corrected chi connectivity index (χ0v) is 16.2. The molecule has 0 unspecified atom stereocenters. The van der Waals surface area contributed by atoms with E-state index in [1.807, 2.05) is 62.4 Å². The van der Waals surface area contributed by atoms with E-state index in [1.54, 1.807) is 6.92 Å². The lowest BCUT2D eigenvalue weighted by Gasteiger charge is -2.30. The van der Waals surface area contributed by atoms with Gasteiger partial charge in [0.1, 0.15) is 5.75 Å². The normalized spacial score (nSPS) is 16.2. The highest BCUT2D eigenvalue weighted by atomic mass is 16.5. The third-order valence-electron chi connectivity index (χ3n) is 4.46. The van der Waals surface area contributed by atoms with Crippen molar-refractivity contribution in [3.8, 4) is 5.75 Å². The van der Waals surface area contributed by atoms with Crippen molar-refractivity contribution in [2.75, 3.05) is 13.2 Å². The molecule has 0 aliphatic carbocycles. The van der Waals surface area contributed by atoms with Gasteiger partial charge in [-0.05, 0) is 49.6 Å². The Morgan fingerprint density at radius 1 is 1.07 bits per heavy atom. The smallest absolute Gasteiger partial charge is 0.338 e. The minimum absolute atomic E-state index is 0.243. The zero-order chi connectivity index (χ0) is 20.1. The van der Waals surface area contributed by atoms with Crippen molar-refractivity contribution in [1.82, 2.24) is 10.6 Å². The third kappa shape index (κ3) is 4.01. The molecule has 1 heterocycles. The summed E-state index contributed by atoms with van der Waals surface area (Å²) in [6.45, 7) is 6.42. The Morgan fingerprint density at radius 3 is 2.46 bits per heavy atom. The van der Waals surface area contributed by atoms with Crippen LogP contribution in [0.2, 0.25) is 0 Å². The Bertz CT molecular complexity index is 906. The van der Waals surface area contributed by atoms with Gasteiger partial charge in [0.25, 0.3) is 0 Å². The predicted octanol–water partition coefficient (Wildman–Crippen LogP) is 3.72. The van der Waals surface area contributed by atoms with Gasteiger partial charge in [0.05, 0.1) is 30.5 Å². The quantitative estimate of drug-likeness (QED) is 0.749. The maximum Gasteiger partial charge on any atom is 0.338 e. The number of carbonyl (C=O) groups excluding carboxylic acids is 2. The molecule has 2 N–H and O–H groups in total. The summed E-state index contributed by atoms with van der Waals surface area (Å²) in [6, 6.07) is 13.9. The second-order valence-corrected chi connectivity index (χ2v) is 6.36. The summed E-state index contributed by atoms with van der Waals surface area (Å²) in [5, 5.41) is 5.62.